The first kappa shape index (κ1) is 22.5. The summed E-state index contributed by atoms with van der Waals surface area (Å²) in [6, 6.07) is 9.90. The highest BCUT2D eigenvalue weighted by molar-refractivity contribution is 7.80. The lowest BCUT2D eigenvalue weighted by atomic mass is 10.1. The molecular weight excluding hydrogens is 423 g/mol. The number of benzene rings is 2. The number of thiocarbonyl (C=S) groups is 1. The van der Waals surface area contributed by atoms with Crippen LogP contribution in [0.25, 0.3) is 0 Å². The smallest absolute Gasteiger partial charge is 0.308 e. The van der Waals surface area contributed by atoms with E-state index in [1.807, 2.05) is 6.07 Å². The number of hydrogen-bond donors (Lipinski definition) is 0. The van der Waals surface area contributed by atoms with E-state index in [9.17, 15) is 14.0 Å². The van der Waals surface area contributed by atoms with Crippen LogP contribution in [0.1, 0.15) is 18.9 Å². The van der Waals surface area contributed by atoms with Crippen LogP contribution < -0.4 is 14.4 Å². The van der Waals surface area contributed by atoms with Crippen molar-refractivity contribution in [3.05, 3.63) is 53.8 Å². The average molecular weight is 447 g/mol. The molecule has 1 heterocycles. The van der Waals surface area contributed by atoms with Crippen molar-refractivity contribution in [1.29, 1.82) is 0 Å². The maximum Gasteiger partial charge on any atom is 0.308 e. The fraction of sp³-hybridized carbons (Fsp3) is 0.318. The third-order valence-electron chi connectivity index (χ3n) is 4.90. The third-order valence-corrected chi connectivity index (χ3v) is 5.32. The summed E-state index contributed by atoms with van der Waals surface area (Å²) in [5.41, 5.74) is 1.18. The van der Waals surface area contributed by atoms with Crippen LogP contribution in [0.2, 0.25) is 0 Å². The summed E-state index contributed by atoms with van der Waals surface area (Å²) in [5, 5.41) is 0.212. The summed E-state index contributed by atoms with van der Waals surface area (Å²) in [6.07, 6.45) is -0.164. The van der Waals surface area contributed by atoms with Crippen LogP contribution in [-0.2, 0) is 20.9 Å². The van der Waals surface area contributed by atoms with Crippen LogP contribution in [0.3, 0.4) is 0 Å². The monoisotopic (exact) mass is 446 g/mol. The van der Waals surface area contributed by atoms with Crippen LogP contribution in [-0.4, -0.2) is 48.8 Å². The molecule has 9 heteroatoms. The Morgan fingerprint density at radius 1 is 1.13 bits per heavy atom. The van der Waals surface area contributed by atoms with Crippen molar-refractivity contribution in [2.75, 3.05) is 25.7 Å². The quantitative estimate of drug-likeness (QED) is 0.455. The van der Waals surface area contributed by atoms with Crippen molar-refractivity contribution < 1.29 is 28.2 Å². The van der Waals surface area contributed by atoms with E-state index in [0.29, 0.717) is 17.2 Å². The van der Waals surface area contributed by atoms with Gasteiger partial charge >= 0.3 is 5.97 Å². The number of ether oxygens (including phenoxy) is 3. The summed E-state index contributed by atoms with van der Waals surface area (Å²) in [6.45, 7) is 2.13. The summed E-state index contributed by atoms with van der Waals surface area (Å²) in [5.74, 6) is -0.126. The van der Waals surface area contributed by atoms with Gasteiger partial charge in [0, 0.05) is 18.2 Å². The number of halogens is 1. The second-order valence-corrected chi connectivity index (χ2v) is 7.13. The largest absolute Gasteiger partial charge is 0.497 e. The summed E-state index contributed by atoms with van der Waals surface area (Å²) < 4.78 is 29.1. The zero-order chi connectivity index (χ0) is 22.5. The Morgan fingerprint density at radius 3 is 2.45 bits per heavy atom. The van der Waals surface area contributed by atoms with Gasteiger partial charge in [0.1, 0.15) is 23.4 Å². The van der Waals surface area contributed by atoms with Crippen molar-refractivity contribution in [2.45, 2.75) is 25.9 Å². The zero-order valence-electron chi connectivity index (χ0n) is 17.5. The van der Waals surface area contributed by atoms with E-state index in [4.69, 9.17) is 26.4 Å². The minimum Gasteiger partial charge on any atom is -0.497 e. The molecular formula is C22H23FN2O5S. The Balaban J connectivity index is 1.96. The maximum absolute atomic E-state index is 13.4. The Bertz CT molecular complexity index is 982. The van der Waals surface area contributed by atoms with Crippen molar-refractivity contribution in [1.82, 2.24) is 4.90 Å². The Morgan fingerprint density at radius 2 is 1.84 bits per heavy atom. The van der Waals surface area contributed by atoms with E-state index >= 15 is 0 Å². The molecule has 3 rings (SSSR count). The molecule has 31 heavy (non-hydrogen) atoms. The van der Waals surface area contributed by atoms with Gasteiger partial charge < -0.3 is 19.1 Å². The van der Waals surface area contributed by atoms with E-state index in [-0.39, 0.29) is 30.6 Å². The lowest BCUT2D eigenvalue weighted by molar-refractivity contribution is -0.145. The van der Waals surface area contributed by atoms with Crippen molar-refractivity contribution in [3.63, 3.8) is 0 Å². The highest BCUT2D eigenvalue weighted by Crippen LogP contribution is 2.32. The van der Waals surface area contributed by atoms with E-state index in [0.717, 1.165) is 5.56 Å². The Labute approximate surface area is 185 Å². The van der Waals surface area contributed by atoms with Gasteiger partial charge in [0.2, 0.25) is 0 Å². The van der Waals surface area contributed by atoms with Gasteiger partial charge in [-0.05, 0) is 55.5 Å². The summed E-state index contributed by atoms with van der Waals surface area (Å²) in [7, 11) is 3.09. The molecule has 0 saturated carbocycles. The number of anilines is 1. The van der Waals surface area contributed by atoms with Crippen LogP contribution in [0.4, 0.5) is 10.1 Å². The van der Waals surface area contributed by atoms with Gasteiger partial charge in [0.15, 0.2) is 5.11 Å². The van der Waals surface area contributed by atoms with E-state index in [1.165, 1.54) is 36.3 Å². The molecule has 1 fully saturated rings. The molecule has 0 radical (unpaired) electrons. The Kier molecular flexibility index (Phi) is 7.06. The topological polar surface area (TPSA) is 68.3 Å². The van der Waals surface area contributed by atoms with Gasteiger partial charge in [-0.25, -0.2) is 4.39 Å². The van der Waals surface area contributed by atoms with E-state index in [1.54, 1.807) is 31.1 Å². The number of hydrogen-bond acceptors (Lipinski definition) is 6. The summed E-state index contributed by atoms with van der Waals surface area (Å²) >= 11 is 5.60. The second-order valence-electron chi connectivity index (χ2n) is 6.76. The van der Waals surface area contributed by atoms with Crippen molar-refractivity contribution >= 4 is 34.9 Å². The lowest BCUT2D eigenvalue weighted by Gasteiger charge is -2.24. The number of esters is 1. The molecule has 2 aromatic carbocycles. The van der Waals surface area contributed by atoms with Crippen LogP contribution in [0.5, 0.6) is 11.5 Å². The van der Waals surface area contributed by atoms with Crippen LogP contribution in [0.15, 0.2) is 42.5 Å². The van der Waals surface area contributed by atoms with Crippen LogP contribution in [0, 0.1) is 5.82 Å². The molecule has 0 spiro atoms. The van der Waals surface area contributed by atoms with Gasteiger partial charge in [-0.15, -0.1) is 0 Å². The Hall–Kier alpha value is -3.20. The molecule has 2 aromatic rings. The average Bonchev–Trinajstić information content (AvgIpc) is 2.98. The van der Waals surface area contributed by atoms with Gasteiger partial charge in [-0.3, -0.25) is 14.5 Å². The molecule has 1 aliphatic heterocycles. The third kappa shape index (κ3) is 4.77. The number of amides is 1. The zero-order valence-corrected chi connectivity index (χ0v) is 18.3. The van der Waals surface area contributed by atoms with Crippen molar-refractivity contribution in [2.24, 2.45) is 0 Å². The van der Waals surface area contributed by atoms with Gasteiger partial charge in [0.05, 0.1) is 32.9 Å². The summed E-state index contributed by atoms with van der Waals surface area (Å²) in [4.78, 5) is 28.4. The number of carbonyl (C=O) groups is 2. The predicted octanol–water partition coefficient (Wildman–Crippen LogP) is 3.30. The molecule has 7 nitrogen and oxygen atoms in total. The van der Waals surface area contributed by atoms with E-state index < -0.39 is 17.8 Å². The molecule has 0 aromatic heterocycles. The molecule has 164 valence electrons. The minimum absolute atomic E-state index is 0.164. The van der Waals surface area contributed by atoms with E-state index in [2.05, 4.69) is 0 Å². The minimum atomic E-state index is -0.858. The normalized spacial score (nSPS) is 15.9. The fourth-order valence-electron chi connectivity index (χ4n) is 3.39. The molecule has 1 aliphatic rings. The molecule has 1 atom stereocenters. The number of methoxy groups -OCH3 is 2. The predicted molar refractivity (Wildman–Crippen MR) is 117 cm³/mol. The first-order valence-corrected chi connectivity index (χ1v) is 10.1. The highest BCUT2D eigenvalue weighted by atomic mass is 32.1. The molecule has 0 bridgehead atoms. The first-order valence-electron chi connectivity index (χ1n) is 9.66. The standard InChI is InChI=1S/C22H23FN2O5S/c1-4-30-20(26)12-18-21(27)25(16-8-6-15(23)7-9-16)22(31)24(18)13-14-5-10-17(28-2)11-19(14)29-3/h5-11,18H,4,12-13H2,1-3H3. The molecule has 0 N–H and O–H groups in total. The number of nitrogens with zero attached hydrogens (tertiary/aromatic N) is 2. The molecule has 1 saturated heterocycles. The van der Waals surface area contributed by atoms with Crippen LogP contribution >= 0.6 is 12.2 Å². The molecule has 1 amide bonds. The number of carbonyl (C=O) groups excluding carboxylic acids is 2. The van der Waals surface area contributed by atoms with Gasteiger partial charge in [-0.2, -0.15) is 0 Å². The lowest BCUT2D eigenvalue weighted by Crippen LogP contribution is -2.36. The molecule has 1 unspecified atom stereocenters. The van der Waals surface area contributed by atoms with Gasteiger partial charge in [-0.1, -0.05) is 0 Å². The maximum atomic E-state index is 13.4. The fourth-order valence-corrected chi connectivity index (χ4v) is 3.77. The van der Waals surface area contributed by atoms with Crippen molar-refractivity contribution in [3.8, 4) is 11.5 Å². The second kappa shape index (κ2) is 9.74. The first-order chi connectivity index (χ1) is 14.9. The molecule has 0 aliphatic carbocycles. The number of rotatable bonds is 8. The van der Waals surface area contributed by atoms with Gasteiger partial charge in [0.25, 0.3) is 5.91 Å². The SMILES string of the molecule is CCOC(=O)CC1C(=O)N(c2ccc(F)cc2)C(=S)N1Cc1ccc(OC)cc1OC. The highest BCUT2D eigenvalue weighted by Gasteiger charge is 2.44.